The van der Waals surface area contributed by atoms with Gasteiger partial charge in [0.2, 0.25) is 5.95 Å². The average molecular weight is 195 g/mol. The van der Waals surface area contributed by atoms with E-state index in [4.69, 9.17) is 0 Å². The first-order chi connectivity index (χ1) is 6.84. The summed E-state index contributed by atoms with van der Waals surface area (Å²) in [5.74, 6) is -0.433. The summed E-state index contributed by atoms with van der Waals surface area (Å²) >= 11 is 0. The van der Waals surface area contributed by atoms with Crippen LogP contribution in [0.5, 0.6) is 0 Å². The quantitative estimate of drug-likeness (QED) is 0.700. The Bertz CT molecular complexity index is 280. The third kappa shape index (κ3) is 2.42. The Labute approximate surface area is 82.7 Å². The molecule has 2 rings (SSSR count). The summed E-state index contributed by atoms with van der Waals surface area (Å²) in [6.45, 7) is 2.07. The van der Waals surface area contributed by atoms with Crippen LogP contribution in [0.2, 0.25) is 0 Å². The van der Waals surface area contributed by atoms with Crippen LogP contribution in [-0.4, -0.2) is 24.1 Å². The number of rotatable bonds is 2. The molecule has 0 amide bonds. The van der Waals surface area contributed by atoms with E-state index in [0.29, 0.717) is 6.04 Å². The normalized spacial score (nSPS) is 21.9. The van der Waals surface area contributed by atoms with Crippen LogP contribution in [0.4, 0.5) is 10.1 Å². The summed E-state index contributed by atoms with van der Waals surface area (Å²) in [5, 5.41) is 6.63. The molecule has 2 heterocycles. The largest absolute Gasteiger partial charge is 0.380 e. The van der Waals surface area contributed by atoms with Crippen LogP contribution in [0, 0.1) is 5.95 Å². The Kier molecular flexibility index (Phi) is 2.93. The Hall–Kier alpha value is -1.16. The van der Waals surface area contributed by atoms with Crippen LogP contribution < -0.4 is 10.6 Å². The van der Waals surface area contributed by atoms with Crippen LogP contribution in [-0.2, 0) is 0 Å². The number of anilines is 1. The van der Waals surface area contributed by atoms with Gasteiger partial charge in [-0.3, -0.25) is 0 Å². The number of pyridine rings is 1. The third-order valence-corrected chi connectivity index (χ3v) is 2.40. The van der Waals surface area contributed by atoms with Crippen molar-refractivity contribution in [3.63, 3.8) is 0 Å². The molecule has 0 bridgehead atoms. The van der Waals surface area contributed by atoms with Gasteiger partial charge in [0.25, 0.3) is 0 Å². The molecule has 1 fully saturated rings. The number of nitrogens with one attached hydrogen (secondary N) is 2. The second-order valence-electron chi connectivity index (χ2n) is 3.56. The first-order valence-corrected chi connectivity index (χ1v) is 4.93. The number of piperidine rings is 1. The number of hydrogen-bond acceptors (Lipinski definition) is 3. The van der Waals surface area contributed by atoms with E-state index in [1.165, 1.54) is 18.7 Å². The molecule has 4 heteroatoms. The Morgan fingerprint density at radius 1 is 1.50 bits per heavy atom. The standard InChI is InChI=1S/C10H14FN3/c11-10-4-3-9(7-13-10)14-8-2-1-5-12-6-8/h3-4,7-8,12,14H,1-2,5-6H2. The van der Waals surface area contributed by atoms with Crippen molar-refractivity contribution in [2.45, 2.75) is 18.9 Å². The van der Waals surface area contributed by atoms with Crippen LogP contribution in [0.3, 0.4) is 0 Å². The van der Waals surface area contributed by atoms with Gasteiger partial charge in [-0.1, -0.05) is 0 Å². The number of nitrogens with zero attached hydrogens (tertiary/aromatic N) is 1. The molecule has 1 saturated heterocycles. The third-order valence-electron chi connectivity index (χ3n) is 2.40. The molecule has 1 aliphatic rings. The van der Waals surface area contributed by atoms with Gasteiger partial charge in [-0.15, -0.1) is 0 Å². The second kappa shape index (κ2) is 4.37. The fourth-order valence-electron chi connectivity index (χ4n) is 1.67. The smallest absolute Gasteiger partial charge is 0.212 e. The predicted molar refractivity (Wildman–Crippen MR) is 53.7 cm³/mol. The zero-order valence-electron chi connectivity index (χ0n) is 7.96. The predicted octanol–water partition coefficient (Wildman–Crippen LogP) is 1.38. The van der Waals surface area contributed by atoms with E-state index in [0.717, 1.165) is 25.2 Å². The maximum atomic E-state index is 12.5. The average Bonchev–Trinajstić information content (AvgIpc) is 2.23. The van der Waals surface area contributed by atoms with Gasteiger partial charge in [0.1, 0.15) is 0 Å². The molecule has 2 N–H and O–H groups in total. The molecule has 0 aliphatic carbocycles. The van der Waals surface area contributed by atoms with Gasteiger partial charge in [0.15, 0.2) is 0 Å². The first kappa shape index (κ1) is 9.40. The second-order valence-corrected chi connectivity index (χ2v) is 3.56. The van der Waals surface area contributed by atoms with Crippen molar-refractivity contribution in [1.29, 1.82) is 0 Å². The van der Waals surface area contributed by atoms with E-state index < -0.39 is 5.95 Å². The summed E-state index contributed by atoms with van der Waals surface area (Å²) in [4.78, 5) is 3.60. The minimum Gasteiger partial charge on any atom is -0.380 e. The number of halogens is 1. The first-order valence-electron chi connectivity index (χ1n) is 4.93. The zero-order chi connectivity index (χ0) is 9.80. The van der Waals surface area contributed by atoms with Crippen molar-refractivity contribution in [1.82, 2.24) is 10.3 Å². The van der Waals surface area contributed by atoms with Crippen molar-refractivity contribution in [2.24, 2.45) is 0 Å². The van der Waals surface area contributed by atoms with Crippen LogP contribution in [0.15, 0.2) is 18.3 Å². The monoisotopic (exact) mass is 195 g/mol. The number of hydrogen-bond donors (Lipinski definition) is 2. The van der Waals surface area contributed by atoms with Gasteiger partial charge in [-0.2, -0.15) is 4.39 Å². The highest BCUT2D eigenvalue weighted by Gasteiger charge is 2.11. The van der Waals surface area contributed by atoms with Gasteiger partial charge < -0.3 is 10.6 Å². The van der Waals surface area contributed by atoms with E-state index in [1.54, 1.807) is 6.07 Å². The molecular weight excluding hydrogens is 181 g/mol. The Morgan fingerprint density at radius 3 is 3.07 bits per heavy atom. The molecule has 3 nitrogen and oxygen atoms in total. The lowest BCUT2D eigenvalue weighted by Crippen LogP contribution is -2.38. The highest BCUT2D eigenvalue weighted by molar-refractivity contribution is 5.41. The summed E-state index contributed by atoms with van der Waals surface area (Å²) < 4.78 is 12.5. The van der Waals surface area contributed by atoms with Crippen LogP contribution >= 0.6 is 0 Å². The van der Waals surface area contributed by atoms with E-state index in [1.807, 2.05) is 0 Å². The summed E-state index contributed by atoms with van der Waals surface area (Å²) in [6.07, 6.45) is 3.88. The molecule has 1 unspecified atom stereocenters. The Morgan fingerprint density at radius 2 is 2.43 bits per heavy atom. The fraction of sp³-hybridized carbons (Fsp3) is 0.500. The lowest BCUT2D eigenvalue weighted by molar-refractivity contribution is 0.479. The summed E-state index contributed by atoms with van der Waals surface area (Å²) in [6, 6.07) is 3.53. The van der Waals surface area contributed by atoms with E-state index in [9.17, 15) is 4.39 Å². The van der Waals surface area contributed by atoms with Gasteiger partial charge >= 0.3 is 0 Å². The number of aromatic nitrogens is 1. The lowest BCUT2D eigenvalue weighted by atomic mass is 10.1. The molecule has 1 aromatic rings. The van der Waals surface area contributed by atoms with Crippen molar-refractivity contribution < 1.29 is 4.39 Å². The maximum Gasteiger partial charge on any atom is 0.212 e. The zero-order valence-corrected chi connectivity index (χ0v) is 7.96. The highest BCUT2D eigenvalue weighted by Crippen LogP contribution is 2.11. The highest BCUT2D eigenvalue weighted by atomic mass is 19.1. The van der Waals surface area contributed by atoms with Gasteiger partial charge in [-0.05, 0) is 31.5 Å². The maximum absolute atomic E-state index is 12.5. The molecule has 76 valence electrons. The van der Waals surface area contributed by atoms with Crippen LogP contribution in [0.25, 0.3) is 0 Å². The van der Waals surface area contributed by atoms with Crippen molar-refractivity contribution in [3.05, 3.63) is 24.3 Å². The van der Waals surface area contributed by atoms with Crippen molar-refractivity contribution in [3.8, 4) is 0 Å². The van der Waals surface area contributed by atoms with E-state index in [-0.39, 0.29) is 0 Å². The molecule has 1 aromatic heterocycles. The topological polar surface area (TPSA) is 37.0 Å². The van der Waals surface area contributed by atoms with E-state index in [2.05, 4.69) is 15.6 Å². The molecule has 14 heavy (non-hydrogen) atoms. The molecule has 0 radical (unpaired) electrons. The molecule has 1 aliphatic heterocycles. The fourth-order valence-corrected chi connectivity index (χ4v) is 1.67. The minimum atomic E-state index is -0.433. The van der Waals surface area contributed by atoms with Gasteiger partial charge in [0.05, 0.1) is 11.9 Å². The molecule has 0 spiro atoms. The minimum absolute atomic E-state index is 0.433. The molecular formula is C10H14FN3. The van der Waals surface area contributed by atoms with E-state index >= 15 is 0 Å². The molecule has 0 aromatic carbocycles. The van der Waals surface area contributed by atoms with Crippen molar-refractivity contribution >= 4 is 5.69 Å². The van der Waals surface area contributed by atoms with Crippen LogP contribution in [0.1, 0.15) is 12.8 Å². The van der Waals surface area contributed by atoms with Crippen molar-refractivity contribution in [2.75, 3.05) is 18.4 Å². The molecule has 1 atom stereocenters. The summed E-state index contributed by atoms with van der Waals surface area (Å²) in [7, 11) is 0. The SMILES string of the molecule is Fc1ccc(NC2CCCNC2)cn1. The molecule has 0 saturated carbocycles. The van der Waals surface area contributed by atoms with Gasteiger partial charge in [-0.25, -0.2) is 4.98 Å². The lowest BCUT2D eigenvalue weighted by Gasteiger charge is -2.24. The summed E-state index contributed by atoms with van der Waals surface area (Å²) in [5.41, 5.74) is 0.889. The van der Waals surface area contributed by atoms with Gasteiger partial charge in [0, 0.05) is 12.6 Å². The Balaban J connectivity index is 1.92.